The van der Waals surface area contributed by atoms with Crippen molar-refractivity contribution in [3.63, 3.8) is 0 Å². The second kappa shape index (κ2) is 37.6. The molecule has 0 saturated carbocycles. The average Bonchev–Trinajstić information content (AvgIpc) is 0.780. The third-order valence-electron chi connectivity index (χ3n) is 22.2. The summed E-state index contributed by atoms with van der Waals surface area (Å²) < 4.78 is 68.9. The molecule has 2 aromatic carbocycles. The molecule has 0 aliphatic carbocycles. The molecule has 0 amide bonds. The van der Waals surface area contributed by atoms with Crippen LogP contribution < -0.4 is 0 Å². The average molecular weight is 1490 g/mol. The maximum atomic E-state index is 14.5. The number of hydrogen-bond donors (Lipinski definition) is 3. The van der Waals surface area contributed by atoms with Gasteiger partial charge in [0, 0.05) is 37.9 Å². The lowest BCUT2D eigenvalue weighted by molar-refractivity contribution is -0.294. The highest BCUT2D eigenvalue weighted by atomic mass is 28.4. The Balaban J connectivity index is 0.000000380. The molecule has 4 heterocycles. The number of ether oxygens (including phenoxy) is 10. The van der Waals surface area contributed by atoms with Crippen molar-refractivity contribution in [1.82, 2.24) is 9.80 Å². The van der Waals surface area contributed by atoms with E-state index in [-0.39, 0.29) is 84.3 Å². The molecule has 2 unspecified atom stereocenters. The molecule has 6 rings (SSSR count). The summed E-state index contributed by atoms with van der Waals surface area (Å²) in [5.74, 6) is -10.5. The molecule has 590 valence electrons. The zero-order chi connectivity index (χ0) is 79.4. The third-order valence-corrected chi connectivity index (χ3v) is 26.7. The zero-order valence-electron chi connectivity index (χ0n) is 67.0. The molecule has 4 aliphatic rings. The Bertz CT molecular complexity index is 3340. The van der Waals surface area contributed by atoms with Crippen molar-refractivity contribution < 1.29 is 105 Å². The normalized spacial score (nSPS) is 36.6. The first-order valence-electron chi connectivity index (χ1n) is 37.0. The predicted molar refractivity (Wildman–Crippen MR) is 397 cm³/mol. The number of aliphatic hydroxyl groups excluding tert-OH is 1. The molecule has 4 aliphatic heterocycles. The lowest BCUT2D eigenvalue weighted by Crippen LogP contribution is -2.60. The summed E-state index contributed by atoms with van der Waals surface area (Å²) in [6, 6.07) is 16.5. The highest BCUT2D eigenvalue weighted by Crippen LogP contribution is 2.43. The van der Waals surface area contributed by atoms with E-state index >= 15 is 0 Å². The van der Waals surface area contributed by atoms with Gasteiger partial charge < -0.3 is 76.9 Å². The van der Waals surface area contributed by atoms with Gasteiger partial charge in [-0.05, 0) is 188 Å². The van der Waals surface area contributed by atoms with E-state index in [2.05, 4.69) is 33.9 Å². The molecule has 2 aromatic rings. The number of esters is 4. The van der Waals surface area contributed by atoms with E-state index in [1.54, 1.807) is 123 Å². The lowest BCUT2D eigenvalue weighted by atomic mass is 9.77. The van der Waals surface area contributed by atoms with Gasteiger partial charge in [0.1, 0.15) is 35.2 Å². The van der Waals surface area contributed by atoms with E-state index in [0.29, 0.717) is 24.0 Å². The number of likely N-dealkylation sites (N-methyl/N-ethyl adjacent to an activating group) is 2. The van der Waals surface area contributed by atoms with Crippen LogP contribution in [0.1, 0.15) is 177 Å². The van der Waals surface area contributed by atoms with Gasteiger partial charge in [-0.25, -0.2) is 9.59 Å². The number of carbonyl (C=O) groups excluding carboxylic acids is 8. The molecule has 3 N–H and O–H groups in total. The van der Waals surface area contributed by atoms with Crippen molar-refractivity contribution >= 4 is 55.3 Å². The van der Waals surface area contributed by atoms with Crippen molar-refractivity contribution in [1.29, 1.82) is 0 Å². The molecule has 0 spiro atoms. The van der Waals surface area contributed by atoms with Gasteiger partial charge in [0.25, 0.3) is 0 Å². The molecule has 22 atom stereocenters. The van der Waals surface area contributed by atoms with E-state index in [1.165, 1.54) is 47.1 Å². The van der Waals surface area contributed by atoms with Crippen molar-refractivity contribution in [2.45, 2.75) is 270 Å². The minimum Gasteiger partial charge on any atom is -0.458 e. The SMILES string of the molecule is CC[C@H]1OC(=O)[C@H](C)C(=O)[C@H](C)[C@@H](OC2O[C@H](C)C[C@H](N(C)C)[C@H]2OC(=O)c2ccccc2)[C@@](C)(OC)C[C@@H](C)C(=O)/C(C)=C/[C@@]1(O)CO.CC[C@H]1OC(=O)[C@H](C)C(=O)[C@H](C)[C@@H](OC2O[C@H](C)C[C@H](N(C)C)[C@H]2OC(=O)c2ccccc2)[C@@](C)(OC)C[C@@H](C)C(=O)/C(C)=C/[C@@]1(O)CO[Si](C)(C)C(C)(C)C. The van der Waals surface area contributed by atoms with Crippen molar-refractivity contribution in [2.24, 2.45) is 35.5 Å². The lowest BCUT2D eigenvalue weighted by Gasteiger charge is -2.47. The molecule has 24 nitrogen and oxygen atoms in total. The highest BCUT2D eigenvalue weighted by Gasteiger charge is 2.55. The fourth-order valence-electron chi connectivity index (χ4n) is 14.5. The summed E-state index contributed by atoms with van der Waals surface area (Å²) in [6.07, 6.45) is -5.15. The van der Waals surface area contributed by atoms with Crippen LogP contribution >= 0.6 is 0 Å². The molecular weight excluding hydrogens is 1370 g/mol. The van der Waals surface area contributed by atoms with Crippen LogP contribution in [-0.2, 0) is 80.6 Å². The van der Waals surface area contributed by atoms with E-state index < -0.39 is 157 Å². The number of rotatable bonds is 18. The van der Waals surface area contributed by atoms with Gasteiger partial charge in [-0.2, -0.15) is 0 Å². The number of hydrogen-bond acceptors (Lipinski definition) is 24. The van der Waals surface area contributed by atoms with Crippen molar-refractivity contribution in [2.75, 3.05) is 55.6 Å². The van der Waals surface area contributed by atoms with Crippen LogP contribution in [0.4, 0.5) is 0 Å². The molecule has 105 heavy (non-hydrogen) atoms. The smallest absolute Gasteiger partial charge is 0.338 e. The van der Waals surface area contributed by atoms with Crippen molar-refractivity contribution in [3.8, 4) is 0 Å². The first-order valence-corrected chi connectivity index (χ1v) is 39.9. The summed E-state index contributed by atoms with van der Waals surface area (Å²) in [5, 5.41) is 33.6. The summed E-state index contributed by atoms with van der Waals surface area (Å²) in [5.41, 5.74) is -5.40. The van der Waals surface area contributed by atoms with Crippen LogP contribution in [-0.4, -0.2) is 232 Å². The summed E-state index contributed by atoms with van der Waals surface area (Å²) in [6.45, 7) is 32.8. The number of allylic oxidation sites excluding steroid dienone is 2. The topological polar surface area (TPSA) is 305 Å². The fourth-order valence-corrected chi connectivity index (χ4v) is 15.5. The van der Waals surface area contributed by atoms with Gasteiger partial charge in [-0.1, -0.05) is 98.7 Å². The minimum atomic E-state index is -2.40. The minimum absolute atomic E-state index is 0.0667. The van der Waals surface area contributed by atoms with Crippen LogP contribution in [0.5, 0.6) is 0 Å². The summed E-state index contributed by atoms with van der Waals surface area (Å²) in [7, 11) is 8.04. The highest BCUT2D eigenvalue weighted by molar-refractivity contribution is 6.74. The largest absolute Gasteiger partial charge is 0.458 e. The molecule has 0 bridgehead atoms. The number of Topliss-reactive ketones (excluding diaryl/α,β-unsaturated/α-hetero) is 4. The molecule has 2 fully saturated rings. The Labute approximate surface area is 624 Å². The number of ketones is 4. The first-order chi connectivity index (χ1) is 48.7. The van der Waals surface area contributed by atoms with E-state index in [4.69, 9.17) is 51.8 Å². The number of benzene rings is 2. The van der Waals surface area contributed by atoms with Crippen LogP contribution in [0, 0.1) is 35.5 Å². The Morgan fingerprint density at radius 1 is 0.581 bits per heavy atom. The second-order valence-corrected chi connectivity index (χ2v) is 36.9. The Kier molecular flexibility index (Phi) is 32.1. The van der Waals surface area contributed by atoms with Crippen LogP contribution in [0.2, 0.25) is 18.1 Å². The predicted octanol–water partition coefficient (Wildman–Crippen LogP) is 10.0. The first kappa shape index (κ1) is 89.8. The number of nitrogens with zero attached hydrogens (tertiary/aromatic N) is 2. The van der Waals surface area contributed by atoms with Crippen LogP contribution in [0.15, 0.2) is 84.0 Å². The molecule has 25 heteroatoms. The fraction of sp³-hybridized carbons (Fsp3) is 0.700. The van der Waals surface area contributed by atoms with Gasteiger partial charge >= 0.3 is 23.9 Å². The van der Waals surface area contributed by atoms with E-state index in [1.807, 2.05) is 51.8 Å². The Morgan fingerprint density at radius 3 is 1.24 bits per heavy atom. The standard InChI is InChI=1S/C43H69NO11Si.C37H55NO11/c1-16-33-43(49,25-51-56(14,15)41(7,8)9)24-27(3)34(45)26(2)23-42(10,50-13)37(29(5)35(46)30(6)38(47)53-33)55-40-36(32(44(11)12)22-28(4)52-40)54-39(48)31-20-18-17-19-21-31;1-11-28-37(44,20-39)19-22(3)29(40)21(2)18-36(7,45-10)32(24(5)30(41)25(6)33(42)47-28)49-35-31(27(38(8)9)17-23(4)46-35)48-34(43)26-15-13-12-14-16-26/h17-21,24,26,28-30,32-33,36-37,40,49H,16,22-23,25H2,1-15H3;12-16,19,21,23-25,27-28,31-32,35,39,44H,11,17-18,20H2,1-10H3/b27-24+;22-19+/t26-,28-,29+,30-,32+,33-,36-,37-,40?,42+,43-;21-,23-,24+,25-,27+,28-,31-,32-,35?,36+,37-/m11/s1. The molecule has 0 aromatic heterocycles. The zero-order valence-corrected chi connectivity index (χ0v) is 68.0. The quantitative estimate of drug-likeness (QED) is 0.0541. The Hall–Kier alpha value is -5.78. The molecule has 0 radical (unpaired) electrons. The van der Waals surface area contributed by atoms with Crippen LogP contribution in [0.25, 0.3) is 0 Å². The van der Waals surface area contributed by atoms with Gasteiger partial charge in [0.2, 0.25) is 0 Å². The van der Waals surface area contributed by atoms with Gasteiger partial charge in [0.15, 0.2) is 56.2 Å². The molecular formula is C80H124N2O22Si. The van der Waals surface area contributed by atoms with E-state index in [9.17, 15) is 53.7 Å². The maximum Gasteiger partial charge on any atom is 0.338 e. The third kappa shape index (κ3) is 22.0. The number of cyclic esters (lactones) is 2. The van der Waals surface area contributed by atoms with Crippen molar-refractivity contribution in [3.05, 3.63) is 95.1 Å². The number of methoxy groups -OCH3 is 2. The van der Waals surface area contributed by atoms with Crippen LogP contribution in [0.3, 0.4) is 0 Å². The van der Waals surface area contributed by atoms with Gasteiger partial charge in [-0.15, -0.1) is 0 Å². The van der Waals surface area contributed by atoms with E-state index in [0.717, 1.165) is 0 Å². The molecule has 2 saturated heterocycles. The summed E-state index contributed by atoms with van der Waals surface area (Å²) >= 11 is 0. The van der Waals surface area contributed by atoms with Gasteiger partial charge in [-0.3, -0.25) is 28.8 Å². The van der Waals surface area contributed by atoms with Gasteiger partial charge in [0.05, 0.1) is 72.0 Å². The number of aliphatic hydroxyl groups is 3. The summed E-state index contributed by atoms with van der Waals surface area (Å²) in [4.78, 5) is 115. The Morgan fingerprint density at radius 2 is 0.924 bits per heavy atom. The monoisotopic (exact) mass is 1490 g/mol. The second-order valence-electron chi connectivity index (χ2n) is 32.1. The number of carbonyl (C=O) groups is 8. The maximum absolute atomic E-state index is 14.5.